The fraction of sp³-hybridized carbons (Fsp3) is 0.909. The Morgan fingerprint density at radius 1 is 1.00 bits per heavy atom. The average Bonchev–Trinajstić information content (AvgIpc) is 1.76. The molecule has 0 atom stereocenters. The van der Waals surface area contributed by atoms with Crippen LogP contribution >= 0.6 is 0 Å². The van der Waals surface area contributed by atoms with Crippen molar-refractivity contribution in [3.63, 3.8) is 0 Å². The second-order valence-electron chi connectivity index (χ2n) is 5.58. The van der Waals surface area contributed by atoms with Gasteiger partial charge in [0, 0.05) is 0 Å². The first-order valence-corrected chi connectivity index (χ1v) is 4.74. The van der Waals surface area contributed by atoms with Gasteiger partial charge in [-0.15, -0.1) is 0 Å². The van der Waals surface area contributed by atoms with Crippen LogP contribution in [0, 0.1) is 5.41 Å². The maximum absolute atomic E-state index is 4.43. The summed E-state index contributed by atoms with van der Waals surface area (Å²) in [5.41, 5.74) is 0.530. The van der Waals surface area contributed by atoms with Gasteiger partial charge in [0.2, 0.25) is 0 Å². The van der Waals surface area contributed by atoms with Gasteiger partial charge in [0.05, 0.1) is 5.54 Å². The van der Waals surface area contributed by atoms with Crippen molar-refractivity contribution in [3.05, 3.63) is 0 Å². The Balaban J connectivity index is 3.64. The van der Waals surface area contributed by atoms with E-state index in [2.05, 4.69) is 52.7 Å². The lowest BCUT2D eigenvalue weighted by molar-refractivity contribution is 0.387. The van der Waals surface area contributed by atoms with Gasteiger partial charge in [-0.05, 0) is 45.2 Å². The first kappa shape index (κ1) is 11.7. The molecule has 0 saturated heterocycles. The van der Waals surface area contributed by atoms with E-state index in [9.17, 15) is 0 Å². The molecule has 0 N–H and O–H groups in total. The van der Waals surface area contributed by atoms with Crippen molar-refractivity contribution >= 4 is 6.21 Å². The summed E-state index contributed by atoms with van der Waals surface area (Å²) in [6.07, 6.45) is 4.37. The molecule has 1 nitrogen and oxygen atoms in total. The molecule has 0 aromatic carbocycles. The molecule has 0 saturated carbocycles. The van der Waals surface area contributed by atoms with E-state index in [4.69, 9.17) is 0 Å². The average molecular weight is 169 g/mol. The molecule has 0 aromatic rings. The minimum absolute atomic E-state index is 0.0951. The zero-order valence-corrected chi connectivity index (χ0v) is 9.44. The lowest BCUT2D eigenvalue weighted by atomic mass is 9.91. The molecule has 0 fully saturated rings. The summed E-state index contributed by atoms with van der Waals surface area (Å²) >= 11 is 0. The fourth-order valence-corrected chi connectivity index (χ4v) is 0.836. The summed E-state index contributed by atoms with van der Waals surface area (Å²) in [4.78, 5) is 4.43. The number of aliphatic imine (C=N–C) groups is 1. The molecule has 0 rings (SSSR count). The molecular formula is C11H23N. The molecule has 0 aliphatic carbocycles. The molecule has 0 amide bonds. The first-order chi connectivity index (χ1) is 5.21. The lowest BCUT2D eigenvalue weighted by Gasteiger charge is -2.17. The van der Waals surface area contributed by atoms with Crippen molar-refractivity contribution in [1.29, 1.82) is 0 Å². The summed E-state index contributed by atoms with van der Waals surface area (Å²) in [6, 6.07) is 0. The lowest BCUT2D eigenvalue weighted by Crippen LogP contribution is -2.10. The Bertz CT molecular complexity index is 143. The highest BCUT2D eigenvalue weighted by Gasteiger charge is 2.09. The summed E-state index contributed by atoms with van der Waals surface area (Å²) in [7, 11) is 0. The Labute approximate surface area is 77.3 Å². The van der Waals surface area contributed by atoms with Gasteiger partial charge in [-0.3, -0.25) is 4.99 Å². The van der Waals surface area contributed by atoms with Gasteiger partial charge >= 0.3 is 0 Å². The quantitative estimate of drug-likeness (QED) is 0.559. The second-order valence-corrected chi connectivity index (χ2v) is 5.58. The smallest absolute Gasteiger partial charge is 0.0520 e. The zero-order valence-electron chi connectivity index (χ0n) is 9.44. The van der Waals surface area contributed by atoms with Crippen LogP contribution in [0.3, 0.4) is 0 Å². The third kappa shape index (κ3) is 9.67. The monoisotopic (exact) mass is 169 g/mol. The molecule has 0 bridgehead atoms. The summed E-state index contributed by atoms with van der Waals surface area (Å²) in [5.74, 6) is 0. The molecule has 0 radical (unpaired) electrons. The maximum atomic E-state index is 4.43. The van der Waals surface area contributed by atoms with E-state index in [1.807, 2.05) is 0 Å². The van der Waals surface area contributed by atoms with Crippen LogP contribution < -0.4 is 0 Å². The van der Waals surface area contributed by atoms with Crippen molar-refractivity contribution in [2.24, 2.45) is 10.4 Å². The topological polar surface area (TPSA) is 12.4 Å². The maximum Gasteiger partial charge on any atom is 0.0520 e. The van der Waals surface area contributed by atoms with Crippen LogP contribution in [-0.4, -0.2) is 11.8 Å². The van der Waals surface area contributed by atoms with Gasteiger partial charge in [-0.2, -0.15) is 0 Å². The Hall–Kier alpha value is -0.330. The molecule has 0 aromatic heterocycles. The highest BCUT2D eigenvalue weighted by atomic mass is 14.8. The van der Waals surface area contributed by atoms with Gasteiger partial charge in [0.15, 0.2) is 0 Å². The second kappa shape index (κ2) is 4.06. The van der Waals surface area contributed by atoms with Crippen LogP contribution in [0.15, 0.2) is 4.99 Å². The van der Waals surface area contributed by atoms with Crippen molar-refractivity contribution in [2.75, 3.05) is 0 Å². The minimum atomic E-state index is 0.0951. The molecule has 0 heterocycles. The van der Waals surface area contributed by atoms with Crippen molar-refractivity contribution in [1.82, 2.24) is 0 Å². The van der Waals surface area contributed by atoms with E-state index < -0.39 is 0 Å². The third-order valence-electron chi connectivity index (χ3n) is 1.50. The summed E-state index contributed by atoms with van der Waals surface area (Å²) in [5, 5.41) is 0. The van der Waals surface area contributed by atoms with Crippen LogP contribution in [0.2, 0.25) is 0 Å². The van der Waals surface area contributed by atoms with E-state index in [1.165, 1.54) is 6.42 Å². The fourth-order valence-electron chi connectivity index (χ4n) is 0.836. The summed E-state index contributed by atoms with van der Waals surface area (Å²) < 4.78 is 0. The van der Waals surface area contributed by atoms with E-state index in [0.29, 0.717) is 5.41 Å². The molecule has 0 unspecified atom stereocenters. The number of rotatable bonds is 2. The summed E-state index contributed by atoms with van der Waals surface area (Å²) in [6.45, 7) is 13.2. The highest BCUT2D eigenvalue weighted by Crippen LogP contribution is 2.19. The van der Waals surface area contributed by atoms with Crippen molar-refractivity contribution in [3.8, 4) is 0 Å². The molecule has 0 aliphatic rings. The normalized spacial score (nSPS) is 14.2. The van der Waals surface area contributed by atoms with Gasteiger partial charge in [0.25, 0.3) is 0 Å². The van der Waals surface area contributed by atoms with E-state index in [-0.39, 0.29) is 5.54 Å². The van der Waals surface area contributed by atoms with Gasteiger partial charge in [-0.1, -0.05) is 20.8 Å². The molecule has 0 aliphatic heterocycles. The van der Waals surface area contributed by atoms with Crippen LogP contribution in [-0.2, 0) is 0 Å². The SMILES string of the molecule is CC(C)(C)CC/C=N\C(C)(C)C. The predicted octanol–water partition coefficient (Wildman–Crippen LogP) is 3.68. The Morgan fingerprint density at radius 3 is 1.83 bits per heavy atom. The first-order valence-electron chi connectivity index (χ1n) is 4.74. The Morgan fingerprint density at radius 2 is 1.50 bits per heavy atom. The minimum Gasteiger partial charge on any atom is -0.292 e. The molecule has 12 heavy (non-hydrogen) atoms. The molecule has 72 valence electrons. The number of hydrogen-bond donors (Lipinski definition) is 0. The van der Waals surface area contributed by atoms with E-state index >= 15 is 0 Å². The molecular weight excluding hydrogens is 146 g/mol. The zero-order chi connectivity index (χ0) is 9.83. The standard InChI is InChI=1S/C11H23N/c1-10(2,3)8-7-9-12-11(4,5)6/h9H,7-8H2,1-6H3/b12-9-. The molecule has 0 spiro atoms. The van der Waals surface area contributed by atoms with Crippen molar-refractivity contribution < 1.29 is 0 Å². The van der Waals surface area contributed by atoms with Gasteiger partial charge in [0.1, 0.15) is 0 Å². The van der Waals surface area contributed by atoms with Crippen LogP contribution in [0.5, 0.6) is 0 Å². The Kier molecular flexibility index (Phi) is 3.95. The van der Waals surface area contributed by atoms with E-state index in [0.717, 1.165) is 6.42 Å². The highest BCUT2D eigenvalue weighted by molar-refractivity contribution is 5.57. The third-order valence-corrected chi connectivity index (χ3v) is 1.50. The molecule has 1 heteroatoms. The number of nitrogens with zero attached hydrogens (tertiary/aromatic N) is 1. The van der Waals surface area contributed by atoms with Crippen LogP contribution in [0.25, 0.3) is 0 Å². The largest absolute Gasteiger partial charge is 0.292 e. The number of hydrogen-bond acceptors (Lipinski definition) is 1. The van der Waals surface area contributed by atoms with Crippen LogP contribution in [0.4, 0.5) is 0 Å². The van der Waals surface area contributed by atoms with Gasteiger partial charge < -0.3 is 0 Å². The predicted molar refractivity (Wildman–Crippen MR) is 56.9 cm³/mol. The van der Waals surface area contributed by atoms with E-state index in [1.54, 1.807) is 0 Å². The van der Waals surface area contributed by atoms with Crippen LogP contribution in [0.1, 0.15) is 54.4 Å². The van der Waals surface area contributed by atoms with Gasteiger partial charge in [-0.25, -0.2) is 0 Å². The van der Waals surface area contributed by atoms with Crippen molar-refractivity contribution in [2.45, 2.75) is 59.9 Å².